The highest BCUT2D eigenvalue weighted by atomic mass is 16.5. The molecule has 3 N–H and O–H groups in total. The van der Waals surface area contributed by atoms with Crippen molar-refractivity contribution in [3.8, 4) is 11.5 Å². The fourth-order valence-corrected chi connectivity index (χ4v) is 4.11. The number of phenols is 1. The molecule has 0 saturated carbocycles. The second kappa shape index (κ2) is 7.51. The molecule has 0 aliphatic carbocycles. The van der Waals surface area contributed by atoms with E-state index in [0.29, 0.717) is 17.7 Å². The second-order valence-electron chi connectivity index (χ2n) is 6.81. The summed E-state index contributed by atoms with van der Waals surface area (Å²) in [5.41, 5.74) is 7.73. The Hall–Kier alpha value is -1.30. The van der Waals surface area contributed by atoms with Crippen LogP contribution in [0, 0.1) is 11.8 Å². The molecule has 3 rings (SSSR count). The number of nitrogens with one attached hydrogen (secondary N) is 2. The zero-order chi connectivity index (χ0) is 16.2. The quantitative estimate of drug-likeness (QED) is 0.776. The third-order valence-electron chi connectivity index (χ3n) is 5.43. The summed E-state index contributed by atoms with van der Waals surface area (Å²) in [5.74, 6) is 2.50. The normalized spacial score (nSPS) is 28.9. The van der Waals surface area contributed by atoms with Crippen LogP contribution in [0.1, 0.15) is 31.7 Å². The summed E-state index contributed by atoms with van der Waals surface area (Å²) in [6.07, 6.45) is 3.72. The van der Waals surface area contributed by atoms with E-state index in [1.807, 2.05) is 12.1 Å². The summed E-state index contributed by atoms with van der Waals surface area (Å²) < 4.78 is 5.42. The number of hydrogen-bond acceptors (Lipinski definition) is 5. The van der Waals surface area contributed by atoms with Crippen molar-refractivity contribution in [2.24, 2.45) is 11.8 Å². The Labute approximate surface area is 139 Å². The van der Waals surface area contributed by atoms with Gasteiger partial charge in [0.25, 0.3) is 0 Å². The summed E-state index contributed by atoms with van der Waals surface area (Å²) in [5, 5.41) is 10.2. The van der Waals surface area contributed by atoms with Gasteiger partial charge in [0.15, 0.2) is 0 Å². The van der Waals surface area contributed by atoms with Gasteiger partial charge in [-0.15, -0.1) is 0 Å². The van der Waals surface area contributed by atoms with Crippen molar-refractivity contribution in [3.63, 3.8) is 0 Å². The first-order chi connectivity index (χ1) is 11.2. The van der Waals surface area contributed by atoms with Crippen LogP contribution in [0.2, 0.25) is 0 Å². The molecule has 1 aromatic carbocycles. The third-order valence-corrected chi connectivity index (χ3v) is 5.43. The Morgan fingerprint density at radius 2 is 2.26 bits per heavy atom. The van der Waals surface area contributed by atoms with Gasteiger partial charge >= 0.3 is 0 Å². The number of hydrogen-bond donors (Lipinski definition) is 3. The summed E-state index contributed by atoms with van der Waals surface area (Å²) in [6, 6.07) is 6.06. The van der Waals surface area contributed by atoms with Crippen LogP contribution >= 0.6 is 0 Å². The number of rotatable bonds is 5. The van der Waals surface area contributed by atoms with E-state index in [2.05, 4.69) is 22.7 Å². The number of aromatic hydroxyl groups is 1. The van der Waals surface area contributed by atoms with Crippen molar-refractivity contribution >= 4 is 0 Å². The Kier molecular flexibility index (Phi) is 5.41. The minimum Gasteiger partial charge on any atom is -0.507 e. The summed E-state index contributed by atoms with van der Waals surface area (Å²) in [7, 11) is 1.66. The molecule has 2 aliphatic heterocycles. The molecule has 0 aromatic heterocycles. The number of likely N-dealkylation sites (tertiary alicyclic amines) is 1. The number of piperidine rings is 1. The first-order valence-electron chi connectivity index (χ1n) is 8.78. The van der Waals surface area contributed by atoms with Crippen LogP contribution in [0.5, 0.6) is 11.5 Å². The van der Waals surface area contributed by atoms with Gasteiger partial charge in [0.05, 0.1) is 7.11 Å². The monoisotopic (exact) mass is 319 g/mol. The minimum absolute atomic E-state index is 0.332. The van der Waals surface area contributed by atoms with Gasteiger partial charge in [-0.2, -0.15) is 0 Å². The molecule has 0 radical (unpaired) electrons. The van der Waals surface area contributed by atoms with Gasteiger partial charge in [-0.25, -0.2) is 0 Å². The average molecular weight is 319 g/mol. The third kappa shape index (κ3) is 3.62. The zero-order valence-electron chi connectivity index (χ0n) is 14.2. The number of ether oxygens (including phenoxy) is 1. The predicted octanol–water partition coefficient (Wildman–Crippen LogP) is 2.12. The molecule has 2 aliphatic rings. The molecule has 0 bridgehead atoms. The fraction of sp³-hybridized carbons (Fsp3) is 0.667. The SMILES string of the molecule is CCC1CNNC1C1CCCN(Cc2c(O)cccc2OC)C1. The molecule has 2 fully saturated rings. The van der Waals surface area contributed by atoms with Gasteiger partial charge in [0.2, 0.25) is 0 Å². The standard InChI is InChI=1S/C18H29N3O2/c1-3-13-10-19-20-18(13)14-6-5-9-21(11-14)12-15-16(22)7-4-8-17(15)23-2/h4,7-8,13-14,18-20,22H,3,5-6,9-12H2,1-2H3. The van der Waals surface area contributed by atoms with Crippen LogP contribution in [0.15, 0.2) is 18.2 Å². The van der Waals surface area contributed by atoms with E-state index in [0.717, 1.165) is 43.4 Å². The Bertz CT molecular complexity index is 523. The number of hydrazine groups is 1. The highest BCUT2D eigenvalue weighted by molar-refractivity contribution is 5.43. The fourth-order valence-electron chi connectivity index (χ4n) is 4.11. The van der Waals surface area contributed by atoms with E-state index in [4.69, 9.17) is 4.74 Å². The molecule has 2 saturated heterocycles. The number of phenolic OH excluding ortho intramolecular Hbond substituents is 1. The highest BCUT2D eigenvalue weighted by Crippen LogP contribution is 2.32. The lowest BCUT2D eigenvalue weighted by Crippen LogP contribution is -2.46. The van der Waals surface area contributed by atoms with Crippen molar-refractivity contribution in [1.29, 1.82) is 0 Å². The smallest absolute Gasteiger partial charge is 0.127 e. The molecule has 2 heterocycles. The molecule has 128 valence electrons. The number of methoxy groups -OCH3 is 1. The van der Waals surface area contributed by atoms with Crippen LogP contribution in [0.3, 0.4) is 0 Å². The maximum atomic E-state index is 10.2. The first kappa shape index (κ1) is 16.6. The number of benzene rings is 1. The largest absolute Gasteiger partial charge is 0.507 e. The molecular weight excluding hydrogens is 290 g/mol. The summed E-state index contributed by atoms with van der Waals surface area (Å²) in [6.45, 7) is 6.27. The average Bonchev–Trinajstić information content (AvgIpc) is 3.05. The van der Waals surface area contributed by atoms with Crippen LogP contribution < -0.4 is 15.6 Å². The van der Waals surface area contributed by atoms with Crippen LogP contribution in [0.25, 0.3) is 0 Å². The van der Waals surface area contributed by atoms with Crippen molar-refractivity contribution in [3.05, 3.63) is 23.8 Å². The van der Waals surface area contributed by atoms with Gasteiger partial charge in [0, 0.05) is 31.2 Å². The maximum absolute atomic E-state index is 10.2. The molecule has 0 spiro atoms. The molecule has 5 nitrogen and oxygen atoms in total. The van der Waals surface area contributed by atoms with E-state index < -0.39 is 0 Å². The molecule has 3 unspecified atom stereocenters. The molecule has 1 aromatic rings. The van der Waals surface area contributed by atoms with Crippen molar-refractivity contribution in [2.45, 2.75) is 38.8 Å². The molecule has 3 atom stereocenters. The minimum atomic E-state index is 0.332. The predicted molar refractivity (Wildman–Crippen MR) is 91.4 cm³/mol. The lowest BCUT2D eigenvalue weighted by Gasteiger charge is -2.37. The number of nitrogens with zero attached hydrogens (tertiary/aromatic N) is 1. The summed E-state index contributed by atoms with van der Waals surface area (Å²) in [4.78, 5) is 2.46. The lowest BCUT2D eigenvalue weighted by atomic mass is 9.83. The Morgan fingerprint density at radius 1 is 1.39 bits per heavy atom. The van der Waals surface area contributed by atoms with Gasteiger partial charge in [-0.05, 0) is 43.4 Å². The summed E-state index contributed by atoms with van der Waals surface area (Å²) >= 11 is 0. The topological polar surface area (TPSA) is 56.8 Å². The molecule has 23 heavy (non-hydrogen) atoms. The van der Waals surface area contributed by atoms with Crippen LogP contribution in [-0.4, -0.2) is 42.8 Å². The maximum Gasteiger partial charge on any atom is 0.127 e. The lowest BCUT2D eigenvalue weighted by molar-refractivity contribution is 0.129. The van der Waals surface area contributed by atoms with Crippen LogP contribution in [0.4, 0.5) is 0 Å². The van der Waals surface area contributed by atoms with Gasteiger partial charge < -0.3 is 9.84 Å². The van der Waals surface area contributed by atoms with E-state index in [1.54, 1.807) is 13.2 Å². The van der Waals surface area contributed by atoms with Crippen molar-refractivity contribution < 1.29 is 9.84 Å². The van der Waals surface area contributed by atoms with Gasteiger partial charge in [-0.1, -0.05) is 19.4 Å². The molecular formula is C18H29N3O2. The zero-order valence-corrected chi connectivity index (χ0v) is 14.2. The first-order valence-corrected chi connectivity index (χ1v) is 8.78. The van der Waals surface area contributed by atoms with E-state index in [9.17, 15) is 5.11 Å². The van der Waals surface area contributed by atoms with Gasteiger partial charge in [0.1, 0.15) is 11.5 Å². The molecule has 5 heteroatoms. The second-order valence-corrected chi connectivity index (χ2v) is 6.81. The van der Waals surface area contributed by atoms with E-state index in [1.165, 1.54) is 19.3 Å². The van der Waals surface area contributed by atoms with Gasteiger partial charge in [-0.3, -0.25) is 15.8 Å². The van der Waals surface area contributed by atoms with Crippen LogP contribution in [-0.2, 0) is 6.54 Å². The van der Waals surface area contributed by atoms with E-state index in [-0.39, 0.29) is 0 Å². The van der Waals surface area contributed by atoms with Crippen molar-refractivity contribution in [1.82, 2.24) is 15.8 Å². The Morgan fingerprint density at radius 3 is 3.04 bits per heavy atom. The van der Waals surface area contributed by atoms with E-state index >= 15 is 0 Å². The van der Waals surface area contributed by atoms with Crippen molar-refractivity contribution in [2.75, 3.05) is 26.7 Å². The Balaban J connectivity index is 1.67. The molecule has 0 amide bonds. The highest BCUT2D eigenvalue weighted by Gasteiger charge is 2.35.